The minimum atomic E-state index is 0.00323. The molecule has 1 aliphatic heterocycles. The molecule has 0 radical (unpaired) electrons. The third-order valence-corrected chi connectivity index (χ3v) is 4.52. The molecule has 1 amide bonds. The highest BCUT2D eigenvalue weighted by Gasteiger charge is 2.22. The van der Waals surface area contributed by atoms with Crippen molar-refractivity contribution in [3.63, 3.8) is 0 Å². The first-order valence-corrected chi connectivity index (χ1v) is 8.18. The summed E-state index contributed by atoms with van der Waals surface area (Å²) in [7, 11) is 0. The summed E-state index contributed by atoms with van der Waals surface area (Å²) in [6.07, 6.45) is 1.83. The van der Waals surface area contributed by atoms with Gasteiger partial charge in [-0.3, -0.25) is 4.79 Å². The van der Waals surface area contributed by atoms with Crippen LogP contribution in [-0.4, -0.2) is 25.5 Å². The van der Waals surface area contributed by atoms with Gasteiger partial charge in [0.2, 0.25) is 11.9 Å². The number of nitrogens with zero attached hydrogens (tertiary/aromatic N) is 4. The van der Waals surface area contributed by atoms with Gasteiger partial charge in [-0.2, -0.15) is 9.61 Å². The molecule has 0 aliphatic carbocycles. The van der Waals surface area contributed by atoms with Crippen LogP contribution in [0.1, 0.15) is 5.56 Å². The molecule has 0 fully saturated rings. The number of carbonyl (C=O) groups is 1. The van der Waals surface area contributed by atoms with Crippen LogP contribution in [0, 0.1) is 0 Å². The molecule has 5 rings (SSSR count). The highest BCUT2D eigenvalue weighted by atomic mass is 16.1. The molecule has 2 aromatic heterocycles. The fraction of sp³-hybridized carbons (Fsp3) is 0.0526. The topological polar surface area (TPSA) is 98.2 Å². The fourth-order valence-electron chi connectivity index (χ4n) is 3.36. The van der Waals surface area contributed by atoms with Crippen molar-refractivity contribution < 1.29 is 4.79 Å². The summed E-state index contributed by atoms with van der Waals surface area (Å²) in [6, 6.07) is 15.7. The molecule has 126 valence electrons. The lowest BCUT2D eigenvalue weighted by Gasteiger charge is -2.13. The number of nitrogens with one attached hydrogen (secondary N) is 1. The number of nitrogens with two attached hydrogens (primary N) is 1. The van der Waals surface area contributed by atoms with Gasteiger partial charge in [0.1, 0.15) is 6.33 Å². The Labute approximate surface area is 148 Å². The van der Waals surface area contributed by atoms with E-state index in [0.29, 0.717) is 12.1 Å². The zero-order valence-electron chi connectivity index (χ0n) is 13.7. The second-order valence-corrected chi connectivity index (χ2v) is 6.15. The van der Waals surface area contributed by atoms with Gasteiger partial charge >= 0.3 is 0 Å². The molecule has 7 heteroatoms. The summed E-state index contributed by atoms with van der Waals surface area (Å²) in [4.78, 5) is 20.7. The lowest BCUT2D eigenvalue weighted by molar-refractivity contribution is -0.115. The van der Waals surface area contributed by atoms with Crippen LogP contribution in [0.15, 0.2) is 54.9 Å². The van der Waals surface area contributed by atoms with E-state index in [1.807, 2.05) is 48.5 Å². The van der Waals surface area contributed by atoms with Crippen LogP contribution in [0.25, 0.3) is 28.0 Å². The van der Waals surface area contributed by atoms with E-state index in [-0.39, 0.29) is 11.9 Å². The Morgan fingerprint density at radius 3 is 2.77 bits per heavy atom. The van der Waals surface area contributed by atoms with Crippen molar-refractivity contribution in [2.75, 3.05) is 11.1 Å². The second kappa shape index (κ2) is 5.38. The fourth-order valence-corrected chi connectivity index (χ4v) is 3.36. The standard InChI is InChI=1S/C19H14N6O/c20-19-24-17(11-4-2-1-3-5-11)16(18-21-10-22-25(18)19)12-6-7-14-13(8-12)9-15(26)23-14/h1-8,10H,9H2,(H2,20,24)(H,23,26). The number of fused-ring (bicyclic) bond motifs is 2. The van der Waals surface area contributed by atoms with Gasteiger partial charge in [-0.05, 0) is 23.3 Å². The summed E-state index contributed by atoms with van der Waals surface area (Å²) >= 11 is 0. The van der Waals surface area contributed by atoms with Gasteiger partial charge in [0.05, 0.1) is 17.7 Å². The van der Waals surface area contributed by atoms with Gasteiger partial charge in [-0.25, -0.2) is 9.97 Å². The molecular formula is C19H14N6O. The van der Waals surface area contributed by atoms with E-state index in [2.05, 4.69) is 20.4 Å². The van der Waals surface area contributed by atoms with Crippen LogP contribution in [-0.2, 0) is 11.2 Å². The van der Waals surface area contributed by atoms with Crippen LogP contribution in [0.4, 0.5) is 11.6 Å². The smallest absolute Gasteiger partial charge is 0.228 e. The van der Waals surface area contributed by atoms with E-state index in [0.717, 1.165) is 33.6 Å². The van der Waals surface area contributed by atoms with Crippen molar-refractivity contribution >= 4 is 23.2 Å². The summed E-state index contributed by atoms with van der Waals surface area (Å²) in [5, 5.41) is 7.03. The highest BCUT2D eigenvalue weighted by molar-refractivity contribution is 6.00. The van der Waals surface area contributed by atoms with Crippen LogP contribution < -0.4 is 11.1 Å². The summed E-state index contributed by atoms with van der Waals surface area (Å²) in [5.74, 6) is 0.279. The quantitative estimate of drug-likeness (QED) is 0.583. The third-order valence-electron chi connectivity index (χ3n) is 4.52. The molecule has 4 aromatic rings. The van der Waals surface area contributed by atoms with Gasteiger partial charge < -0.3 is 11.1 Å². The normalized spacial score (nSPS) is 13.0. The highest BCUT2D eigenvalue weighted by Crippen LogP contribution is 2.37. The number of anilines is 2. The van der Waals surface area contributed by atoms with Gasteiger partial charge in [-0.15, -0.1) is 0 Å². The van der Waals surface area contributed by atoms with Crippen molar-refractivity contribution in [3.8, 4) is 22.4 Å². The van der Waals surface area contributed by atoms with E-state index < -0.39 is 0 Å². The molecule has 0 saturated heterocycles. The number of hydrogen-bond acceptors (Lipinski definition) is 5. The number of rotatable bonds is 2. The predicted octanol–water partition coefficient (Wildman–Crippen LogP) is 2.54. The van der Waals surface area contributed by atoms with E-state index >= 15 is 0 Å². The zero-order chi connectivity index (χ0) is 17.7. The molecule has 0 unspecified atom stereocenters. The maximum absolute atomic E-state index is 11.7. The second-order valence-electron chi connectivity index (χ2n) is 6.15. The first-order chi connectivity index (χ1) is 12.7. The summed E-state index contributed by atoms with van der Waals surface area (Å²) in [5.41, 5.74) is 12.0. The molecule has 26 heavy (non-hydrogen) atoms. The Morgan fingerprint density at radius 1 is 1.08 bits per heavy atom. The van der Waals surface area contributed by atoms with Crippen LogP contribution in [0.2, 0.25) is 0 Å². The van der Waals surface area contributed by atoms with Gasteiger partial charge in [0.25, 0.3) is 0 Å². The molecule has 3 N–H and O–H groups in total. The lowest BCUT2D eigenvalue weighted by atomic mass is 9.97. The van der Waals surface area contributed by atoms with Crippen molar-refractivity contribution in [3.05, 3.63) is 60.4 Å². The average molecular weight is 342 g/mol. The van der Waals surface area contributed by atoms with Crippen LogP contribution in [0.5, 0.6) is 0 Å². The van der Waals surface area contributed by atoms with Gasteiger partial charge in [-0.1, -0.05) is 36.4 Å². The molecule has 1 aliphatic rings. The molecule has 2 aromatic carbocycles. The number of benzene rings is 2. The molecule has 3 heterocycles. The zero-order valence-corrected chi connectivity index (χ0v) is 13.7. The number of carbonyl (C=O) groups excluding carboxylic acids is 1. The molecule has 0 bridgehead atoms. The molecule has 0 atom stereocenters. The van der Waals surface area contributed by atoms with Gasteiger partial charge in [0.15, 0.2) is 5.65 Å². The summed E-state index contributed by atoms with van der Waals surface area (Å²) < 4.78 is 1.53. The number of amides is 1. The number of nitrogen functional groups attached to an aromatic ring is 1. The monoisotopic (exact) mass is 342 g/mol. The molecule has 7 nitrogen and oxygen atoms in total. The van der Waals surface area contributed by atoms with E-state index in [9.17, 15) is 4.79 Å². The first-order valence-electron chi connectivity index (χ1n) is 8.18. The lowest BCUT2D eigenvalue weighted by Crippen LogP contribution is -2.05. The van der Waals surface area contributed by atoms with E-state index in [1.54, 1.807) is 0 Å². The maximum atomic E-state index is 11.7. The Balaban J connectivity index is 1.82. The first kappa shape index (κ1) is 14.6. The molecule has 0 spiro atoms. The number of aromatic nitrogens is 4. The third kappa shape index (κ3) is 2.14. The average Bonchev–Trinajstić information content (AvgIpc) is 3.28. The predicted molar refractivity (Wildman–Crippen MR) is 98.4 cm³/mol. The Bertz CT molecular complexity index is 1170. The Morgan fingerprint density at radius 2 is 1.92 bits per heavy atom. The maximum Gasteiger partial charge on any atom is 0.228 e. The molecular weight excluding hydrogens is 328 g/mol. The van der Waals surface area contributed by atoms with E-state index in [1.165, 1.54) is 10.8 Å². The van der Waals surface area contributed by atoms with Crippen molar-refractivity contribution in [2.45, 2.75) is 6.42 Å². The minimum Gasteiger partial charge on any atom is -0.368 e. The van der Waals surface area contributed by atoms with Crippen LogP contribution in [0.3, 0.4) is 0 Å². The Hall–Kier alpha value is -3.74. The van der Waals surface area contributed by atoms with Crippen molar-refractivity contribution in [2.24, 2.45) is 0 Å². The summed E-state index contributed by atoms with van der Waals surface area (Å²) in [6.45, 7) is 0. The van der Waals surface area contributed by atoms with E-state index in [4.69, 9.17) is 5.73 Å². The van der Waals surface area contributed by atoms with Crippen molar-refractivity contribution in [1.29, 1.82) is 0 Å². The SMILES string of the molecule is Nc1nc(-c2ccccc2)c(-c2ccc3c(c2)CC(=O)N3)c2ncnn12. The molecule has 0 saturated carbocycles. The largest absolute Gasteiger partial charge is 0.368 e. The van der Waals surface area contributed by atoms with Crippen LogP contribution >= 0.6 is 0 Å². The Kier molecular flexibility index (Phi) is 3.02. The number of hydrogen-bond donors (Lipinski definition) is 2. The van der Waals surface area contributed by atoms with Crippen molar-refractivity contribution in [1.82, 2.24) is 19.6 Å². The minimum absolute atomic E-state index is 0.00323. The van der Waals surface area contributed by atoms with Gasteiger partial charge in [0, 0.05) is 11.3 Å².